The van der Waals surface area contributed by atoms with Crippen molar-refractivity contribution < 1.29 is 46.1 Å². The van der Waals surface area contributed by atoms with E-state index in [-0.39, 0.29) is 24.8 Å². The molecule has 0 nitrogen and oxygen atoms in total. The van der Waals surface area contributed by atoms with E-state index in [1.807, 2.05) is 0 Å². The van der Waals surface area contributed by atoms with Gasteiger partial charge in [-0.15, -0.1) is 0 Å². The van der Waals surface area contributed by atoms with Gasteiger partial charge >= 0.3 is 232 Å². The summed E-state index contributed by atoms with van der Waals surface area (Å²) in [6, 6.07) is 41.0. The molecule has 0 N–H and O–H groups in total. The fraction of sp³-hybridized carbons (Fsp3) is 0.171. The van der Waals surface area contributed by atoms with Crippen LogP contribution >= 0.6 is 0 Å². The summed E-state index contributed by atoms with van der Waals surface area (Å²) in [7, 11) is -1.42. The Morgan fingerprint density at radius 2 is 1.05 bits per heavy atom. The minimum absolute atomic E-state index is 0. The van der Waals surface area contributed by atoms with Gasteiger partial charge in [0, 0.05) is 0 Å². The van der Waals surface area contributed by atoms with E-state index in [1.54, 1.807) is 11.7 Å². The number of halogens is 2. The normalized spacial score (nSPS) is 15.5. The van der Waals surface area contributed by atoms with E-state index in [0.717, 1.165) is 0 Å². The number of allylic oxidation sites excluding steroid dienone is 4. The van der Waals surface area contributed by atoms with E-state index >= 15 is 0 Å². The van der Waals surface area contributed by atoms with Crippen molar-refractivity contribution in [3.05, 3.63) is 152 Å². The van der Waals surface area contributed by atoms with Gasteiger partial charge in [0.1, 0.15) is 0 Å². The molecule has 39 heavy (non-hydrogen) atoms. The number of hydrogen-bond donors (Lipinski definition) is 0. The van der Waals surface area contributed by atoms with Crippen molar-refractivity contribution in [2.45, 2.75) is 30.2 Å². The van der Waals surface area contributed by atoms with Crippen LogP contribution in [0.1, 0.15) is 32.8 Å². The van der Waals surface area contributed by atoms with Gasteiger partial charge in [-0.25, -0.2) is 0 Å². The summed E-state index contributed by atoms with van der Waals surface area (Å²) < 4.78 is 3.84. The molecule has 196 valence electrons. The molecule has 0 spiro atoms. The second-order valence-electron chi connectivity index (χ2n) is 11.4. The van der Waals surface area contributed by atoms with Crippen molar-refractivity contribution in [3.8, 4) is 11.1 Å². The molecule has 0 saturated heterocycles. The molecule has 0 saturated carbocycles. The molecule has 4 aromatic carbocycles. The first-order valence-corrected chi connectivity index (χ1v) is 20.8. The van der Waals surface area contributed by atoms with E-state index in [4.69, 9.17) is 0 Å². The molecule has 0 heterocycles. The van der Waals surface area contributed by atoms with E-state index in [1.165, 1.54) is 33.4 Å². The number of rotatable bonds is 5. The summed E-state index contributed by atoms with van der Waals surface area (Å²) in [6.07, 6.45) is 5.30. The van der Waals surface area contributed by atoms with Crippen LogP contribution in [0.25, 0.3) is 11.1 Å². The smallest absolute Gasteiger partial charge is 1.00 e. The standard InChI is InChI=1S/C13H9.C13H10.C9H15Si.2ClH.Zr/c1-3-7-12-10(5-1)9-11-6-2-4-8-13(11)12;1-3-7-12(8-4-1)11-13-9-5-2-6-10-13;1-8-5-6-9(7-8)10(2,3)4;;;/h1-9H;1-10H;6-8H,1-4H3;2*1H;/q;;;;;+2/p-2. The molecule has 0 radical (unpaired) electrons. The number of benzene rings is 4. The Kier molecular flexibility index (Phi) is 9.34. The van der Waals surface area contributed by atoms with Crippen LogP contribution in [0.4, 0.5) is 0 Å². The molecule has 1 unspecified atom stereocenters. The minimum Gasteiger partial charge on any atom is -1.00 e. The predicted octanol–water partition coefficient (Wildman–Crippen LogP) is 2.99. The van der Waals surface area contributed by atoms with Gasteiger partial charge in [-0.3, -0.25) is 0 Å². The molecule has 2 aliphatic rings. The second kappa shape index (κ2) is 12.2. The third kappa shape index (κ3) is 5.59. The first kappa shape index (κ1) is 29.9. The van der Waals surface area contributed by atoms with Gasteiger partial charge < -0.3 is 24.8 Å². The Bertz CT molecular complexity index is 1480. The molecule has 4 heteroatoms. The third-order valence-electron chi connectivity index (χ3n) is 7.92. The summed E-state index contributed by atoms with van der Waals surface area (Å²) in [5, 5.41) is 1.63. The summed E-state index contributed by atoms with van der Waals surface area (Å²) in [4.78, 5) is 0. The first-order valence-electron chi connectivity index (χ1n) is 13.4. The maximum atomic E-state index is 2.68. The molecule has 0 fully saturated rings. The Morgan fingerprint density at radius 3 is 1.49 bits per heavy atom. The average Bonchev–Trinajstić information content (AvgIpc) is 3.47. The van der Waals surface area contributed by atoms with E-state index < -0.39 is 29.3 Å². The van der Waals surface area contributed by atoms with Gasteiger partial charge in [0.2, 0.25) is 0 Å². The molecule has 4 aromatic rings. The van der Waals surface area contributed by atoms with Crippen molar-refractivity contribution >= 4 is 11.3 Å². The van der Waals surface area contributed by atoms with Crippen LogP contribution in [0.15, 0.2) is 130 Å². The van der Waals surface area contributed by atoms with Crippen molar-refractivity contribution in [1.82, 2.24) is 0 Å². The minimum atomic E-state index is -2.65. The molecule has 0 bridgehead atoms. The number of hydrogen-bond acceptors (Lipinski definition) is 0. The van der Waals surface area contributed by atoms with Crippen molar-refractivity contribution in [1.29, 1.82) is 0 Å². The van der Waals surface area contributed by atoms with Gasteiger partial charge in [0.05, 0.1) is 0 Å². The summed E-state index contributed by atoms with van der Waals surface area (Å²) in [5.74, 6) is 0.499. The van der Waals surface area contributed by atoms with E-state index in [0.29, 0.717) is 9.54 Å². The zero-order valence-corrected chi connectivity index (χ0v) is 27.9. The van der Waals surface area contributed by atoms with Gasteiger partial charge in [0.25, 0.3) is 0 Å². The molecular weight excluding hydrogens is 611 g/mol. The Labute approximate surface area is 254 Å². The molecule has 0 amide bonds. The molecular formula is C35H34Cl2SiZr. The fourth-order valence-electron chi connectivity index (χ4n) is 6.10. The molecule has 2 aliphatic carbocycles. The van der Waals surface area contributed by atoms with Crippen LogP contribution in [0, 0.1) is 5.92 Å². The fourth-order valence-corrected chi connectivity index (χ4v) is 17.3. The Hall–Kier alpha value is -2.09. The largest absolute Gasteiger partial charge is 1.00 e. The van der Waals surface area contributed by atoms with E-state index in [9.17, 15) is 0 Å². The van der Waals surface area contributed by atoms with Gasteiger partial charge in [0.15, 0.2) is 0 Å². The number of fused-ring (bicyclic) bond motifs is 3. The molecule has 6 rings (SSSR count). The van der Waals surface area contributed by atoms with Gasteiger partial charge in [-0.05, 0) is 0 Å². The van der Waals surface area contributed by atoms with Crippen LogP contribution in [0.5, 0.6) is 0 Å². The first-order chi connectivity index (χ1) is 17.9. The molecule has 1 atom stereocenters. The Balaban J connectivity index is 0.00000176. The monoisotopic (exact) mass is 642 g/mol. The third-order valence-corrected chi connectivity index (χ3v) is 18.7. The Morgan fingerprint density at radius 1 is 0.615 bits per heavy atom. The summed E-state index contributed by atoms with van der Waals surface area (Å²) in [6.45, 7) is 9.94. The summed E-state index contributed by atoms with van der Waals surface area (Å²) in [5.41, 5.74) is 8.76. The molecule has 0 aliphatic heterocycles. The van der Waals surface area contributed by atoms with E-state index in [2.05, 4.69) is 148 Å². The van der Waals surface area contributed by atoms with Crippen LogP contribution in [-0.4, -0.2) is 11.3 Å². The van der Waals surface area contributed by atoms with Crippen molar-refractivity contribution in [2.24, 2.45) is 5.92 Å². The maximum Gasteiger partial charge on any atom is -1.00 e. The SMILES string of the molecule is CC1C=C([Si](C)(C)C)C=[C]1[Zr+2](=[C](c1ccccc1)c1ccccc1)[CH]1c2ccccc2-c2ccccc21.[Cl-].[Cl-]. The average molecular weight is 645 g/mol. The van der Waals surface area contributed by atoms with Crippen LogP contribution in [-0.2, 0) is 21.3 Å². The maximum absolute atomic E-state index is 2.68. The molecule has 0 aromatic heterocycles. The van der Waals surface area contributed by atoms with Crippen LogP contribution < -0.4 is 24.8 Å². The zero-order valence-electron chi connectivity index (χ0n) is 23.0. The van der Waals surface area contributed by atoms with Crippen molar-refractivity contribution in [3.63, 3.8) is 0 Å². The predicted molar refractivity (Wildman–Crippen MR) is 158 cm³/mol. The summed E-state index contributed by atoms with van der Waals surface area (Å²) >= 11 is -2.65. The van der Waals surface area contributed by atoms with Crippen LogP contribution in [0.3, 0.4) is 0 Å². The second-order valence-corrected chi connectivity index (χ2v) is 22.6. The quantitative estimate of drug-likeness (QED) is 0.294. The van der Waals surface area contributed by atoms with Gasteiger partial charge in [-0.1, -0.05) is 0 Å². The van der Waals surface area contributed by atoms with Crippen LogP contribution in [0.2, 0.25) is 19.6 Å². The topological polar surface area (TPSA) is 0 Å². The van der Waals surface area contributed by atoms with Crippen molar-refractivity contribution in [2.75, 3.05) is 0 Å². The zero-order chi connectivity index (χ0) is 25.6. The van der Waals surface area contributed by atoms with Gasteiger partial charge in [-0.2, -0.15) is 0 Å².